The van der Waals surface area contributed by atoms with E-state index in [1.165, 1.54) is 11.8 Å². The van der Waals surface area contributed by atoms with Gasteiger partial charge in [0.05, 0.1) is 11.4 Å². The molecule has 1 N–H and O–H groups in total. The Balaban J connectivity index is 2.19. The van der Waals surface area contributed by atoms with Gasteiger partial charge >= 0.3 is 0 Å². The minimum Gasteiger partial charge on any atom is -0.311 e. The third kappa shape index (κ3) is 2.72. The predicted molar refractivity (Wildman–Crippen MR) is 82.2 cm³/mol. The zero-order chi connectivity index (χ0) is 15.0. The third-order valence-electron chi connectivity index (χ3n) is 3.96. The summed E-state index contributed by atoms with van der Waals surface area (Å²) in [6, 6.07) is 4.99. The molecule has 0 saturated heterocycles. The number of nitrogens with one attached hydrogen (secondary N) is 1. The van der Waals surface area contributed by atoms with Crippen LogP contribution in [0.25, 0.3) is 5.69 Å². The van der Waals surface area contributed by atoms with Gasteiger partial charge in [0.25, 0.3) is 0 Å². The summed E-state index contributed by atoms with van der Waals surface area (Å²) in [5, 5.41) is 3.36. The first-order chi connectivity index (χ1) is 10.1. The Labute approximate surface area is 125 Å². The number of benzene rings is 1. The van der Waals surface area contributed by atoms with Crippen LogP contribution in [0.1, 0.15) is 36.6 Å². The number of hydrogen-bond donors (Lipinski definition) is 1. The summed E-state index contributed by atoms with van der Waals surface area (Å²) in [6.45, 7) is 8.17. The van der Waals surface area contributed by atoms with E-state index in [1.54, 1.807) is 6.07 Å². The molecule has 0 bridgehead atoms. The van der Waals surface area contributed by atoms with Crippen LogP contribution in [0.4, 0.5) is 4.39 Å². The van der Waals surface area contributed by atoms with Gasteiger partial charge in [-0.2, -0.15) is 0 Å². The first kappa shape index (κ1) is 14.3. The lowest BCUT2D eigenvalue weighted by Gasteiger charge is -2.18. The van der Waals surface area contributed by atoms with Crippen molar-refractivity contribution in [3.63, 3.8) is 0 Å². The first-order valence-corrected chi connectivity index (χ1v) is 7.63. The van der Waals surface area contributed by atoms with Crippen LogP contribution in [-0.2, 0) is 19.4 Å². The fourth-order valence-electron chi connectivity index (χ4n) is 2.98. The Morgan fingerprint density at radius 1 is 1.38 bits per heavy atom. The Bertz CT molecular complexity index is 658. The molecule has 0 atom stereocenters. The summed E-state index contributed by atoms with van der Waals surface area (Å²) in [6.07, 6.45) is 1.85. The first-order valence-electron chi connectivity index (χ1n) is 7.63. The van der Waals surface area contributed by atoms with E-state index in [1.807, 2.05) is 13.0 Å². The van der Waals surface area contributed by atoms with Crippen molar-refractivity contribution in [3.8, 4) is 5.69 Å². The highest BCUT2D eigenvalue weighted by Crippen LogP contribution is 2.26. The molecular weight excluding hydrogens is 265 g/mol. The maximum Gasteiger partial charge on any atom is 0.125 e. The molecule has 2 heterocycles. The molecule has 0 amide bonds. The highest BCUT2D eigenvalue weighted by molar-refractivity contribution is 5.45. The predicted octanol–water partition coefficient (Wildman–Crippen LogP) is 3.16. The Morgan fingerprint density at radius 2 is 2.19 bits per heavy atom. The highest BCUT2D eigenvalue weighted by Gasteiger charge is 2.22. The number of hydrogen-bond acceptors (Lipinski definition) is 2. The van der Waals surface area contributed by atoms with Crippen molar-refractivity contribution in [2.24, 2.45) is 5.92 Å². The summed E-state index contributed by atoms with van der Waals surface area (Å²) in [7, 11) is 0. The Kier molecular flexibility index (Phi) is 3.81. The average molecular weight is 287 g/mol. The van der Waals surface area contributed by atoms with Gasteiger partial charge in [-0.15, -0.1) is 0 Å². The van der Waals surface area contributed by atoms with Crippen molar-refractivity contribution in [2.75, 3.05) is 6.54 Å². The number of aryl methyl sites for hydroxylation is 1. The second-order valence-corrected chi connectivity index (χ2v) is 6.21. The van der Waals surface area contributed by atoms with Crippen LogP contribution in [0.2, 0.25) is 0 Å². The highest BCUT2D eigenvalue weighted by atomic mass is 19.1. The molecule has 4 heteroatoms. The number of rotatable bonds is 3. The third-order valence-corrected chi connectivity index (χ3v) is 3.96. The van der Waals surface area contributed by atoms with Crippen LogP contribution in [0.5, 0.6) is 0 Å². The van der Waals surface area contributed by atoms with E-state index in [-0.39, 0.29) is 5.82 Å². The summed E-state index contributed by atoms with van der Waals surface area (Å²) in [5.74, 6) is 1.38. The maximum atomic E-state index is 13.7. The number of imidazole rings is 1. The zero-order valence-electron chi connectivity index (χ0n) is 12.9. The molecule has 1 aromatic carbocycles. The average Bonchev–Trinajstić information content (AvgIpc) is 2.78. The molecule has 112 valence electrons. The van der Waals surface area contributed by atoms with Gasteiger partial charge in [0, 0.05) is 31.6 Å². The maximum absolute atomic E-state index is 13.7. The van der Waals surface area contributed by atoms with Crippen molar-refractivity contribution in [1.29, 1.82) is 0 Å². The number of fused-ring (bicyclic) bond motifs is 1. The van der Waals surface area contributed by atoms with Crippen molar-refractivity contribution in [1.82, 2.24) is 14.9 Å². The van der Waals surface area contributed by atoms with Crippen molar-refractivity contribution < 1.29 is 4.39 Å². The molecule has 3 rings (SSSR count). The van der Waals surface area contributed by atoms with Crippen LogP contribution in [0.3, 0.4) is 0 Å². The van der Waals surface area contributed by atoms with Crippen LogP contribution in [0, 0.1) is 18.7 Å². The quantitative estimate of drug-likeness (QED) is 0.939. The molecule has 0 unspecified atom stereocenters. The summed E-state index contributed by atoms with van der Waals surface area (Å²) < 4.78 is 15.9. The molecule has 1 aromatic heterocycles. The fourth-order valence-corrected chi connectivity index (χ4v) is 2.98. The van der Waals surface area contributed by atoms with E-state index < -0.39 is 0 Å². The number of aromatic nitrogens is 2. The largest absolute Gasteiger partial charge is 0.311 e. The summed E-state index contributed by atoms with van der Waals surface area (Å²) in [5.41, 5.74) is 4.36. The molecular formula is C17H22FN3. The van der Waals surface area contributed by atoms with E-state index in [2.05, 4.69) is 23.7 Å². The minimum absolute atomic E-state index is 0.192. The van der Waals surface area contributed by atoms with E-state index in [9.17, 15) is 4.39 Å². The number of nitrogens with zero attached hydrogens (tertiary/aromatic N) is 2. The molecule has 0 spiro atoms. The van der Waals surface area contributed by atoms with Gasteiger partial charge in [0.15, 0.2) is 0 Å². The van der Waals surface area contributed by atoms with Gasteiger partial charge in [-0.1, -0.05) is 19.9 Å². The summed E-state index contributed by atoms with van der Waals surface area (Å²) in [4.78, 5) is 4.82. The van der Waals surface area contributed by atoms with Gasteiger partial charge in [-0.3, -0.25) is 4.57 Å². The SMILES string of the molecule is Cc1ccc(F)cc1-n1c(CC(C)C)nc2c1CCNC2. The van der Waals surface area contributed by atoms with Crippen molar-refractivity contribution in [2.45, 2.75) is 40.2 Å². The smallest absolute Gasteiger partial charge is 0.125 e. The van der Waals surface area contributed by atoms with Crippen LogP contribution >= 0.6 is 0 Å². The van der Waals surface area contributed by atoms with Crippen LogP contribution < -0.4 is 5.32 Å². The lowest BCUT2D eigenvalue weighted by Crippen LogP contribution is -2.25. The lowest BCUT2D eigenvalue weighted by molar-refractivity contribution is 0.602. The molecule has 0 saturated carbocycles. The van der Waals surface area contributed by atoms with Gasteiger partial charge < -0.3 is 5.32 Å². The topological polar surface area (TPSA) is 29.9 Å². The van der Waals surface area contributed by atoms with Crippen LogP contribution in [-0.4, -0.2) is 16.1 Å². The minimum atomic E-state index is -0.192. The lowest BCUT2D eigenvalue weighted by atomic mass is 10.1. The molecule has 0 radical (unpaired) electrons. The molecule has 1 aliphatic rings. The van der Waals surface area contributed by atoms with Gasteiger partial charge in [0.1, 0.15) is 11.6 Å². The van der Waals surface area contributed by atoms with Gasteiger partial charge in [-0.25, -0.2) is 9.37 Å². The van der Waals surface area contributed by atoms with Gasteiger partial charge in [-0.05, 0) is 30.5 Å². The monoisotopic (exact) mass is 287 g/mol. The van der Waals surface area contributed by atoms with Crippen molar-refractivity contribution >= 4 is 0 Å². The molecule has 0 aliphatic carbocycles. The zero-order valence-corrected chi connectivity index (χ0v) is 12.9. The molecule has 3 nitrogen and oxygen atoms in total. The Hall–Kier alpha value is -1.68. The second kappa shape index (κ2) is 5.60. The Morgan fingerprint density at radius 3 is 2.95 bits per heavy atom. The van der Waals surface area contributed by atoms with E-state index in [0.717, 1.165) is 48.7 Å². The normalized spacial score (nSPS) is 14.5. The molecule has 0 fully saturated rings. The standard InChI is InChI=1S/C17H22FN3/c1-11(2)8-17-20-14-10-19-7-6-15(14)21(17)16-9-13(18)5-4-12(16)3/h4-5,9,11,19H,6-8,10H2,1-3H3. The van der Waals surface area contributed by atoms with E-state index in [0.29, 0.717) is 5.92 Å². The van der Waals surface area contributed by atoms with E-state index in [4.69, 9.17) is 4.98 Å². The number of halogens is 1. The van der Waals surface area contributed by atoms with Crippen LogP contribution in [0.15, 0.2) is 18.2 Å². The summed E-state index contributed by atoms with van der Waals surface area (Å²) >= 11 is 0. The molecule has 2 aromatic rings. The van der Waals surface area contributed by atoms with E-state index >= 15 is 0 Å². The fraction of sp³-hybridized carbons (Fsp3) is 0.471. The second-order valence-electron chi connectivity index (χ2n) is 6.21. The van der Waals surface area contributed by atoms with Gasteiger partial charge in [0.2, 0.25) is 0 Å². The van der Waals surface area contributed by atoms with Crippen molar-refractivity contribution in [3.05, 3.63) is 46.8 Å². The molecule has 1 aliphatic heterocycles. The molecule has 21 heavy (non-hydrogen) atoms.